The molecule has 0 aromatic carbocycles. The van der Waals surface area contributed by atoms with E-state index in [0.29, 0.717) is 11.0 Å². The fourth-order valence-corrected chi connectivity index (χ4v) is 3.61. The average molecular weight is 213 g/mol. The molecule has 0 aliphatic heterocycles. The Morgan fingerprint density at radius 2 is 2.54 bits per heavy atom. The molecule has 0 amide bonds. The number of thiazole rings is 1. The largest absolute Gasteiger partial charge is 0.300 e. The monoisotopic (exact) mass is 213 g/mol. The molecule has 2 nitrogen and oxygen atoms in total. The van der Waals surface area contributed by atoms with Gasteiger partial charge in [-0.2, -0.15) is 0 Å². The fraction of sp³-hybridized carbons (Fsp3) is 0.556. The zero-order valence-electron chi connectivity index (χ0n) is 7.23. The van der Waals surface area contributed by atoms with Crippen molar-refractivity contribution in [3.63, 3.8) is 0 Å². The van der Waals surface area contributed by atoms with Crippen LogP contribution in [0.15, 0.2) is 15.9 Å². The molecule has 0 saturated heterocycles. The third kappa shape index (κ3) is 2.54. The number of hydrogen-bond donors (Lipinski definition) is 0. The van der Waals surface area contributed by atoms with Gasteiger partial charge in [0.15, 0.2) is 0 Å². The third-order valence-corrected chi connectivity index (χ3v) is 4.30. The minimum atomic E-state index is 0.417. The average Bonchev–Trinajstić information content (AvgIpc) is 2.57. The summed E-state index contributed by atoms with van der Waals surface area (Å²) in [5.74, 6) is 0.417. The van der Waals surface area contributed by atoms with Crippen molar-refractivity contribution in [1.82, 2.24) is 4.98 Å². The van der Waals surface area contributed by atoms with E-state index in [-0.39, 0.29) is 0 Å². The van der Waals surface area contributed by atoms with Gasteiger partial charge >= 0.3 is 0 Å². The summed E-state index contributed by atoms with van der Waals surface area (Å²) in [6, 6.07) is 0. The van der Waals surface area contributed by atoms with E-state index in [1.807, 2.05) is 11.6 Å². The Kier molecular flexibility index (Phi) is 3.01. The van der Waals surface area contributed by atoms with Crippen LogP contribution in [0.1, 0.15) is 25.7 Å². The fourth-order valence-electron chi connectivity index (χ4n) is 1.50. The van der Waals surface area contributed by atoms with Gasteiger partial charge in [0.05, 0.1) is 0 Å². The lowest BCUT2D eigenvalue weighted by Gasteiger charge is -2.18. The number of thioether (sulfide) groups is 1. The molecule has 1 aromatic rings. The van der Waals surface area contributed by atoms with E-state index in [0.717, 1.165) is 30.0 Å². The molecule has 1 unspecified atom stereocenters. The van der Waals surface area contributed by atoms with E-state index in [9.17, 15) is 4.79 Å². The molecule has 2 rings (SSSR count). The molecule has 1 aromatic heterocycles. The van der Waals surface area contributed by atoms with Crippen molar-refractivity contribution in [3.05, 3.63) is 11.6 Å². The van der Waals surface area contributed by atoms with Crippen molar-refractivity contribution in [2.75, 3.05) is 0 Å². The normalized spacial score (nSPS) is 23.4. The summed E-state index contributed by atoms with van der Waals surface area (Å²) < 4.78 is 1.10. The second kappa shape index (κ2) is 4.24. The molecule has 0 N–H and O–H groups in total. The third-order valence-electron chi connectivity index (χ3n) is 2.11. The highest BCUT2D eigenvalue weighted by atomic mass is 32.2. The molecule has 1 fully saturated rings. The molecule has 1 aliphatic rings. The first-order valence-electron chi connectivity index (χ1n) is 4.42. The predicted molar refractivity (Wildman–Crippen MR) is 55.2 cm³/mol. The van der Waals surface area contributed by atoms with Gasteiger partial charge in [-0.3, -0.25) is 4.79 Å². The maximum absolute atomic E-state index is 11.2. The van der Waals surface area contributed by atoms with E-state index < -0.39 is 0 Å². The van der Waals surface area contributed by atoms with Crippen LogP contribution in [-0.2, 0) is 4.79 Å². The Labute approximate surface area is 85.8 Å². The van der Waals surface area contributed by atoms with Crippen molar-refractivity contribution >= 4 is 28.9 Å². The Morgan fingerprint density at radius 1 is 1.62 bits per heavy atom. The minimum absolute atomic E-state index is 0.417. The number of carbonyl (C=O) groups is 1. The van der Waals surface area contributed by atoms with Crippen LogP contribution in [0.5, 0.6) is 0 Å². The molecule has 0 bridgehead atoms. The van der Waals surface area contributed by atoms with E-state index in [2.05, 4.69) is 4.98 Å². The van der Waals surface area contributed by atoms with Crippen LogP contribution < -0.4 is 0 Å². The molecule has 1 aliphatic carbocycles. The molecule has 1 atom stereocenters. The molecule has 1 heterocycles. The summed E-state index contributed by atoms with van der Waals surface area (Å²) in [4.78, 5) is 15.4. The van der Waals surface area contributed by atoms with Gasteiger partial charge in [0.25, 0.3) is 0 Å². The van der Waals surface area contributed by atoms with Crippen LogP contribution in [0, 0.1) is 0 Å². The van der Waals surface area contributed by atoms with E-state index >= 15 is 0 Å². The smallest absolute Gasteiger partial charge is 0.150 e. The highest BCUT2D eigenvalue weighted by Crippen LogP contribution is 2.33. The molecule has 1 saturated carbocycles. The zero-order valence-corrected chi connectivity index (χ0v) is 8.87. The molecular formula is C9H11NOS2. The van der Waals surface area contributed by atoms with E-state index in [1.54, 1.807) is 23.1 Å². The van der Waals surface area contributed by atoms with Crippen LogP contribution in [0.4, 0.5) is 0 Å². The quantitative estimate of drug-likeness (QED) is 0.756. The highest BCUT2D eigenvalue weighted by molar-refractivity contribution is 8.01. The van der Waals surface area contributed by atoms with Crippen LogP contribution in [0.3, 0.4) is 0 Å². The maximum atomic E-state index is 11.2. The Balaban J connectivity index is 1.91. The maximum Gasteiger partial charge on any atom is 0.150 e. The lowest BCUT2D eigenvalue weighted by molar-refractivity contribution is -0.120. The Morgan fingerprint density at radius 3 is 3.23 bits per heavy atom. The van der Waals surface area contributed by atoms with Crippen molar-refractivity contribution in [1.29, 1.82) is 0 Å². The van der Waals surface area contributed by atoms with Crippen molar-refractivity contribution in [2.45, 2.75) is 35.3 Å². The Bertz CT molecular complexity index is 284. The first kappa shape index (κ1) is 9.21. The first-order valence-corrected chi connectivity index (χ1v) is 6.18. The second-order valence-corrected chi connectivity index (χ2v) is 5.61. The number of ketones is 1. The number of nitrogens with zero attached hydrogens (tertiary/aromatic N) is 1. The van der Waals surface area contributed by atoms with Crippen molar-refractivity contribution in [3.8, 4) is 0 Å². The lowest BCUT2D eigenvalue weighted by Crippen LogP contribution is -2.16. The summed E-state index contributed by atoms with van der Waals surface area (Å²) in [6.45, 7) is 0. The molecule has 0 radical (unpaired) electrons. The van der Waals surface area contributed by atoms with Gasteiger partial charge < -0.3 is 0 Å². The zero-order chi connectivity index (χ0) is 9.10. The molecule has 0 spiro atoms. The van der Waals surface area contributed by atoms with Gasteiger partial charge in [-0.1, -0.05) is 11.8 Å². The number of Topliss-reactive ketones (excluding diaryl/α,β-unsaturated/α-hetero) is 1. The number of carbonyl (C=O) groups excluding carboxylic acids is 1. The number of hydrogen-bond acceptors (Lipinski definition) is 4. The van der Waals surface area contributed by atoms with Crippen LogP contribution in [0.25, 0.3) is 0 Å². The van der Waals surface area contributed by atoms with Crippen molar-refractivity contribution < 1.29 is 4.79 Å². The summed E-state index contributed by atoms with van der Waals surface area (Å²) in [5.41, 5.74) is 0. The van der Waals surface area contributed by atoms with Gasteiger partial charge in [0.2, 0.25) is 0 Å². The highest BCUT2D eigenvalue weighted by Gasteiger charge is 2.20. The molecule has 70 valence electrons. The molecule has 13 heavy (non-hydrogen) atoms. The van der Waals surface area contributed by atoms with Gasteiger partial charge in [-0.05, 0) is 12.8 Å². The van der Waals surface area contributed by atoms with Crippen molar-refractivity contribution in [2.24, 2.45) is 0 Å². The summed E-state index contributed by atoms with van der Waals surface area (Å²) >= 11 is 3.42. The topological polar surface area (TPSA) is 30.0 Å². The second-order valence-electron chi connectivity index (χ2n) is 3.17. The summed E-state index contributed by atoms with van der Waals surface area (Å²) in [6.07, 6.45) is 5.56. The van der Waals surface area contributed by atoms with Crippen LogP contribution in [0.2, 0.25) is 0 Å². The predicted octanol–water partition coefficient (Wildman–Crippen LogP) is 2.75. The summed E-state index contributed by atoms with van der Waals surface area (Å²) in [5, 5.41) is 2.46. The van der Waals surface area contributed by atoms with Crippen LogP contribution in [-0.4, -0.2) is 16.0 Å². The van der Waals surface area contributed by atoms with E-state index in [4.69, 9.17) is 0 Å². The van der Waals surface area contributed by atoms with Crippen LogP contribution >= 0.6 is 23.1 Å². The minimum Gasteiger partial charge on any atom is -0.300 e. The van der Waals surface area contributed by atoms with Gasteiger partial charge in [-0.25, -0.2) is 4.98 Å². The molecular weight excluding hydrogens is 202 g/mol. The SMILES string of the molecule is O=C1CCCC(Sc2nccs2)C1. The number of rotatable bonds is 2. The Hall–Kier alpha value is -0.350. The van der Waals surface area contributed by atoms with Gasteiger partial charge in [0.1, 0.15) is 10.1 Å². The molecule has 4 heteroatoms. The lowest BCUT2D eigenvalue weighted by atomic mass is 9.99. The standard InChI is InChI=1S/C9H11NOS2/c11-7-2-1-3-8(6-7)13-9-10-4-5-12-9/h4-5,8H,1-3,6H2. The van der Waals surface area contributed by atoms with Gasteiger partial charge in [0, 0.05) is 29.7 Å². The first-order chi connectivity index (χ1) is 6.34. The van der Waals surface area contributed by atoms with Gasteiger partial charge in [-0.15, -0.1) is 11.3 Å². The summed E-state index contributed by atoms with van der Waals surface area (Å²) in [7, 11) is 0. The number of aromatic nitrogens is 1. The van der Waals surface area contributed by atoms with E-state index in [1.165, 1.54) is 0 Å².